The van der Waals surface area contributed by atoms with E-state index in [1.807, 2.05) is 42.5 Å². The Morgan fingerprint density at radius 2 is 1.50 bits per heavy atom. The van der Waals surface area contributed by atoms with Gasteiger partial charge in [0, 0.05) is 11.3 Å². The summed E-state index contributed by atoms with van der Waals surface area (Å²) in [6, 6.07) is 30.5. The summed E-state index contributed by atoms with van der Waals surface area (Å²) in [4.78, 5) is 25.5. The van der Waals surface area contributed by atoms with Gasteiger partial charge in [0.05, 0.1) is 5.56 Å². The number of nitrogens with zero attached hydrogens (tertiary/aromatic N) is 1. The first-order valence-corrected chi connectivity index (χ1v) is 9.93. The van der Waals surface area contributed by atoms with E-state index in [-0.39, 0.29) is 11.3 Å². The SMILES string of the molecule is N#C/C(=C\c1ccccc1OC(=O)c1cccc2ccccc12)C(=O)Nc1ccccc1. The number of hydrogen-bond acceptors (Lipinski definition) is 4. The summed E-state index contributed by atoms with van der Waals surface area (Å²) in [5.41, 5.74) is 1.35. The van der Waals surface area contributed by atoms with Crippen molar-refractivity contribution in [2.24, 2.45) is 0 Å². The number of ether oxygens (including phenoxy) is 1. The molecule has 1 amide bonds. The molecule has 0 radical (unpaired) electrons. The number of rotatable bonds is 5. The van der Waals surface area contributed by atoms with Crippen LogP contribution in [-0.2, 0) is 4.79 Å². The summed E-state index contributed by atoms with van der Waals surface area (Å²) in [7, 11) is 0. The lowest BCUT2D eigenvalue weighted by Gasteiger charge is -2.10. The van der Waals surface area contributed by atoms with Crippen LogP contribution in [0, 0.1) is 11.3 Å². The van der Waals surface area contributed by atoms with E-state index in [0.29, 0.717) is 16.8 Å². The highest BCUT2D eigenvalue weighted by atomic mass is 16.5. The van der Waals surface area contributed by atoms with E-state index < -0.39 is 11.9 Å². The van der Waals surface area contributed by atoms with E-state index in [4.69, 9.17) is 4.74 Å². The van der Waals surface area contributed by atoms with Crippen LogP contribution in [0.5, 0.6) is 5.75 Å². The van der Waals surface area contributed by atoms with Crippen molar-refractivity contribution in [3.8, 4) is 11.8 Å². The van der Waals surface area contributed by atoms with E-state index in [1.54, 1.807) is 60.7 Å². The van der Waals surface area contributed by atoms with Gasteiger partial charge in [0.15, 0.2) is 0 Å². The zero-order valence-corrected chi connectivity index (χ0v) is 17.0. The minimum atomic E-state index is -0.547. The molecular weight excluding hydrogens is 400 g/mol. The summed E-state index contributed by atoms with van der Waals surface area (Å²) in [5, 5.41) is 13.9. The van der Waals surface area contributed by atoms with Crippen LogP contribution in [0.25, 0.3) is 16.8 Å². The number of nitriles is 1. The molecule has 0 saturated heterocycles. The summed E-state index contributed by atoms with van der Waals surface area (Å²) in [5.74, 6) is -0.811. The van der Waals surface area contributed by atoms with Gasteiger partial charge in [-0.25, -0.2) is 4.79 Å². The Balaban J connectivity index is 1.61. The van der Waals surface area contributed by atoms with Crippen LogP contribution in [0.15, 0.2) is 103 Å². The smallest absolute Gasteiger partial charge is 0.344 e. The second-order valence-corrected chi connectivity index (χ2v) is 6.94. The lowest BCUT2D eigenvalue weighted by molar-refractivity contribution is -0.112. The van der Waals surface area contributed by atoms with Crippen molar-refractivity contribution in [2.45, 2.75) is 0 Å². The Bertz CT molecular complexity index is 1360. The minimum Gasteiger partial charge on any atom is -0.422 e. The molecule has 0 fully saturated rings. The Labute approximate surface area is 185 Å². The van der Waals surface area contributed by atoms with E-state index in [1.165, 1.54) is 6.08 Å². The van der Waals surface area contributed by atoms with Crippen molar-refractivity contribution in [3.05, 3.63) is 114 Å². The first kappa shape index (κ1) is 20.6. The quantitative estimate of drug-likeness (QED) is 0.198. The summed E-state index contributed by atoms with van der Waals surface area (Å²) in [6.07, 6.45) is 1.41. The summed E-state index contributed by atoms with van der Waals surface area (Å²) >= 11 is 0. The molecule has 0 aliphatic rings. The molecule has 0 spiro atoms. The topological polar surface area (TPSA) is 79.2 Å². The first-order valence-electron chi connectivity index (χ1n) is 9.93. The van der Waals surface area contributed by atoms with Crippen LogP contribution in [0.2, 0.25) is 0 Å². The molecule has 0 aliphatic carbocycles. The van der Waals surface area contributed by atoms with Crippen LogP contribution < -0.4 is 10.1 Å². The van der Waals surface area contributed by atoms with Gasteiger partial charge in [-0.05, 0) is 41.1 Å². The molecule has 4 rings (SSSR count). The van der Waals surface area contributed by atoms with Crippen LogP contribution in [-0.4, -0.2) is 11.9 Å². The van der Waals surface area contributed by atoms with Crippen LogP contribution >= 0.6 is 0 Å². The number of carbonyl (C=O) groups excluding carboxylic acids is 2. The molecule has 0 aliphatic heterocycles. The van der Waals surface area contributed by atoms with Crippen molar-refractivity contribution >= 4 is 34.4 Å². The Kier molecular flexibility index (Phi) is 6.05. The van der Waals surface area contributed by atoms with E-state index in [9.17, 15) is 14.9 Å². The van der Waals surface area contributed by atoms with Gasteiger partial charge in [-0.15, -0.1) is 0 Å². The Morgan fingerprint density at radius 3 is 2.31 bits per heavy atom. The number of nitrogens with one attached hydrogen (secondary N) is 1. The standard InChI is InChI=1S/C27H18N2O3/c28-18-21(26(30)29-22-12-2-1-3-13-22)17-20-10-5-7-16-25(20)32-27(31)24-15-8-11-19-9-4-6-14-23(19)24/h1-17H,(H,29,30)/b21-17+. The third kappa shape index (κ3) is 4.55. The second kappa shape index (κ2) is 9.41. The fourth-order valence-corrected chi connectivity index (χ4v) is 3.27. The molecule has 5 nitrogen and oxygen atoms in total. The zero-order chi connectivity index (χ0) is 22.3. The number of esters is 1. The highest BCUT2D eigenvalue weighted by Crippen LogP contribution is 2.25. The van der Waals surface area contributed by atoms with E-state index in [2.05, 4.69) is 5.32 Å². The predicted octanol–water partition coefficient (Wildman–Crippen LogP) is 5.60. The van der Waals surface area contributed by atoms with Gasteiger partial charge in [0.2, 0.25) is 0 Å². The fourth-order valence-electron chi connectivity index (χ4n) is 3.27. The maximum absolute atomic E-state index is 12.9. The highest BCUT2D eigenvalue weighted by Gasteiger charge is 2.15. The monoisotopic (exact) mass is 418 g/mol. The van der Waals surface area contributed by atoms with Gasteiger partial charge < -0.3 is 10.1 Å². The third-order valence-corrected chi connectivity index (χ3v) is 4.83. The Hall–Kier alpha value is -4.69. The summed E-state index contributed by atoms with van der Waals surface area (Å²) in [6.45, 7) is 0. The van der Waals surface area contributed by atoms with Crippen molar-refractivity contribution in [2.75, 3.05) is 5.32 Å². The Morgan fingerprint density at radius 1 is 0.812 bits per heavy atom. The predicted molar refractivity (Wildman–Crippen MR) is 124 cm³/mol. The number of benzene rings is 4. The van der Waals surface area contributed by atoms with Crippen molar-refractivity contribution in [3.63, 3.8) is 0 Å². The lowest BCUT2D eigenvalue weighted by Crippen LogP contribution is -2.13. The molecule has 32 heavy (non-hydrogen) atoms. The van der Waals surface area contributed by atoms with Crippen LogP contribution in [0.3, 0.4) is 0 Å². The van der Waals surface area contributed by atoms with Crippen molar-refractivity contribution < 1.29 is 14.3 Å². The lowest BCUT2D eigenvalue weighted by atomic mass is 10.0. The minimum absolute atomic E-state index is 0.109. The largest absolute Gasteiger partial charge is 0.422 e. The number of carbonyl (C=O) groups is 2. The molecule has 0 aromatic heterocycles. The van der Waals surface area contributed by atoms with Crippen molar-refractivity contribution in [1.29, 1.82) is 5.26 Å². The average Bonchev–Trinajstić information content (AvgIpc) is 2.83. The van der Waals surface area contributed by atoms with E-state index >= 15 is 0 Å². The van der Waals surface area contributed by atoms with Gasteiger partial charge >= 0.3 is 5.97 Å². The molecule has 0 bridgehead atoms. The molecular formula is C27H18N2O3. The summed E-state index contributed by atoms with van der Waals surface area (Å²) < 4.78 is 5.66. The van der Waals surface area contributed by atoms with Gasteiger partial charge in [-0.1, -0.05) is 72.8 Å². The number of amides is 1. The molecule has 154 valence electrons. The average molecular weight is 418 g/mol. The third-order valence-electron chi connectivity index (χ3n) is 4.83. The van der Waals surface area contributed by atoms with Crippen molar-refractivity contribution in [1.82, 2.24) is 0 Å². The number of fused-ring (bicyclic) bond motifs is 1. The van der Waals surface area contributed by atoms with Gasteiger partial charge in [-0.2, -0.15) is 5.26 Å². The maximum atomic E-state index is 12.9. The van der Waals surface area contributed by atoms with Crippen LogP contribution in [0.1, 0.15) is 15.9 Å². The van der Waals surface area contributed by atoms with Gasteiger partial charge in [0.25, 0.3) is 5.91 Å². The fraction of sp³-hybridized carbons (Fsp3) is 0. The first-order chi connectivity index (χ1) is 15.7. The van der Waals surface area contributed by atoms with Crippen LogP contribution in [0.4, 0.5) is 5.69 Å². The highest BCUT2D eigenvalue weighted by molar-refractivity contribution is 6.10. The number of hydrogen-bond donors (Lipinski definition) is 1. The molecule has 0 heterocycles. The van der Waals surface area contributed by atoms with Gasteiger partial charge in [0.1, 0.15) is 17.4 Å². The molecule has 0 unspecified atom stereocenters. The van der Waals surface area contributed by atoms with Gasteiger partial charge in [-0.3, -0.25) is 4.79 Å². The molecule has 0 atom stereocenters. The second-order valence-electron chi connectivity index (χ2n) is 6.94. The molecule has 0 saturated carbocycles. The number of para-hydroxylation sites is 2. The maximum Gasteiger partial charge on any atom is 0.344 e. The normalized spacial score (nSPS) is 10.9. The number of anilines is 1. The molecule has 5 heteroatoms. The molecule has 4 aromatic rings. The molecule has 4 aromatic carbocycles. The van der Waals surface area contributed by atoms with E-state index in [0.717, 1.165) is 10.8 Å². The molecule has 1 N–H and O–H groups in total. The zero-order valence-electron chi connectivity index (χ0n) is 17.0.